The number of thiocarbonyl (C=S) groups is 1. The number of carbonyl (C=O) groups excluding carboxylic acids is 2. The SMILES string of the molecule is Cc1ccc(/C=C2/SC(=S)N(CCC(=O)N[C@@H](Cc3c[nH]c4ccccc34)C(=O)O)C2=O)cc1. The Bertz CT molecular complexity index is 1300. The van der Waals surface area contributed by atoms with Crippen LogP contribution in [0.5, 0.6) is 0 Å². The molecule has 2 aromatic carbocycles. The van der Waals surface area contributed by atoms with Crippen LogP contribution in [0.15, 0.2) is 59.6 Å². The van der Waals surface area contributed by atoms with Crippen molar-refractivity contribution in [1.29, 1.82) is 0 Å². The second-order valence-corrected chi connectivity index (χ2v) is 9.69. The molecule has 0 unspecified atom stereocenters. The van der Waals surface area contributed by atoms with E-state index < -0.39 is 17.9 Å². The van der Waals surface area contributed by atoms with Crippen LogP contribution in [-0.4, -0.2) is 49.7 Å². The summed E-state index contributed by atoms with van der Waals surface area (Å²) in [5.74, 6) is -1.83. The van der Waals surface area contributed by atoms with Crippen molar-refractivity contribution in [3.8, 4) is 0 Å². The normalized spacial score (nSPS) is 15.8. The van der Waals surface area contributed by atoms with Crippen molar-refractivity contribution in [2.45, 2.75) is 25.8 Å². The second kappa shape index (κ2) is 10.2. The molecule has 34 heavy (non-hydrogen) atoms. The monoisotopic (exact) mass is 493 g/mol. The zero-order valence-electron chi connectivity index (χ0n) is 18.4. The molecule has 1 aliphatic rings. The van der Waals surface area contributed by atoms with Crippen LogP contribution in [-0.2, 0) is 20.8 Å². The van der Waals surface area contributed by atoms with E-state index in [1.54, 1.807) is 12.3 Å². The van der Waals surface area contributed by atoms with Gasteiger partial charge in [0.1, 0.15) is 10.4 Å². The van der Waals surface area contributed by atoms with Crippen molar-refractivity contribution in [1.82, 2.24) is 15.2 Å². The van der Waals surface area contributed by atoms with E-state index in [0.717, 1.165) is 27.6 Å². The third kappa shape index (κ3) is 5.37. The summed E-state index contributed by atoms with van der Waals surface area (Å²) in [6, 6.07) is 14.3. The maximum atomic E-state index is 12.8. The molecule has 7 nitrogen and oxygen atoms in total. The van der Waals surface area contributed by atoms with Crippen molar-refractivity contribution >= 4 is 63.1 Å². The Balaban J connectivity index is 1.36. The van der Waals surface area contributed by atoms with Crippen LogP contribution < -0.4 is 5.32 Å². The molecule has 0 radical (unpaired) electrons. The van der Waals surface area contributed by atoms with E-state index in [9.17, 15) is 19.5 Å². The van der Waals surface area contributed by atoms with Crippen LogP contribution in [0.4, 0.5) is 0 Å². The van der Waals surface area contributed by atoms with Gasteiger partial charge in [0.15, 0.2) is 0 Å². The molecule has 2 heterocycles. The lowest BCUT2D eigenvalue weighted by Gasteiger charge is -2.17. The van der Waals surface area contributed by atoms with Gasteiger partial charge in [0.2, 0.25) is 5.91 Å². The molecule has 1 aliphatic heterocycles. The van der Waals surface area contributed by atoms with Gasteiger partial charge in [-0.25, -0.2) is 4.79 Å². The molecular weight excluding hydrogens is 470 g/mol. The number of aliphatic carboxylic acids is 1. The number of aromatic nitrogens is 1. The number of carboxylic acids is 1. The standard InChI is InChI=1S/C25H23N3O4S2/c1-15-6-8-16(9-7-15)12-21-23(30)28(25(33)34-21)11-10-22(29)27-20(24(31)32)13-17-14-26-19-5-3-2-4-18(17)19/h2-9,12,14,20,26H,10-11,13H2,1H3,(H,27,29)(H,31,32)/b21-12+/t20-/m0/s1. The van der Waals surface area contributed by atoms with Crippen molar-refractivity contribution < 1.29 is 19.5 Å². The lowest BCUT2D eigenvalue weighted by atomic mass is 10.0. The number of nitrogens with zero attached hydrogens (tertiary/aromatic N) is 1. The first-order valence-corrected chi connectivity index (χ1v) is 11.9. The Hall–Kier alpha value is -3.43. The summed E-state index contributed by atoms with van der Waals surface area (Å²) in [5, 5.41) is 13.1. The third-order valence-corrected chi connectivity index (χ3v) is 6.92. The number of hydrogen-bond acceptors (Lipinski definition) is 5. The maximum Gasteiger partial charge on any atom is 0.326 e. The predicted molar refractivity (Wildman–Crippen MR) is 137 cm³/mol. The van der Waals surface area contributed by atoms with Crippen molar-refractivity contribution in [3.63, 3.8) is 0 Å². The highest BCUT2D eigenvalue weighted by Gasteiger charge is 2.32. The van der Waals surface area contributed by atoms with Crippen LogP contribution in [0, 0.1) is 6.92 Å². The average Bonchev–Trinajstić information content (AvgIpc) is 3.33. The number of rotatable bonds is 8. The number of benzene rings is 2. The van der Waals surface area contributed by atoms with E-state index in [2.05, 4.69) is 10.3 Å². The van der Waals surface area contributed by atoms with Gasteiger partial charge in [0.25, 0.3) is 5.91 Å². The molecule has 1 fully saturated rings. The second-order valence-electron chi connectivity index (χ2n) is 8.02. The summed E-state index contributed by atoms with van der Waals surface area (Å²) in [4.78, 5) is 42.1. The first-order valence-electron chi connectivity index (χ1n) is 10.7. The molecule has 1 saturated heterocycles. The average molecular weight is 494 g/mol. The molecule has 0 bridgehead atoms. The van der Waals surface area contributed by atoms with E-state index >= 15 is 0 Å². The van der Waals surface area contributed by atoms with Gasteiger partial charge in [-0.15, -0.1) is 0 Å². The molecule has 1 aromatic heterocycles. The largest absolute Gasteiger partial charge is 0.480 e. The van der Waals surface area contributed by atoms with E-state index in [1.165, 1.54) is 16.7 Å². The Morgan fingerprint density at radius 1 is 1.21 bits per heavy atom. The van der Waals surface area contributed by atoms with Gasteiger partial charge < -0.3 is 15.4 Å². The topological polar surface area (TPSA) is 102 Å². The smallest absolute Gasteiger partial charge is 0.326 e. The first-order chi connectivity index (χ1) is 16.3. The minimum Gasteiger partial charge on any atom is -0.480 e. The van der Waals surface area contributed by atoms with Gasteiger partial charge in [0.05, 0.1) is 4.91 Å². The van der Waals surface area contributed by atoms with E-state index in [4.69, 9.17) is 12.2 Å². The quantitative estimate of drug-likeness (QED) is 0.325. The Kier molecular flexibility index (Phi) is 7.14. The molecule has 174 valence electrons. The van der Waals surface area contributed by atoms with Crippen LogP contribution in [0.1, 0.15) is 23.1 Å². The summed E-state index contributed by atoms with van der Waals surface area (Å²) >= 11 is 6.53. The van der Waals surface area contributed by atoms with Gasteiger partial charge in [-0.3, -0.25) is 14.5 Å². The summed E-state index contributed by atoms with van der Waals surface area (Å²) in [6.45, 7) is 2.07. The number of aromatic amines is 1. The molecule has 0 aliphatic carbocycles. The molecule has 1 atom stereocenters. The maximum absolute atomic E-state index is 12.8. The van der Waals surface area contributed by atoms with Gasteiger partial charge in [-0.05, 0) is 30.2 Å². The molecule has 9 heteroatoms. The zero-order valence-corrected chi connectivity index (χ0v) is 20.0. The number of H-pyrrole nitrogens is 1. The van der Waals surface area contributed by atoms with Gasteiger partial charge in [-0.2, -0.15) is 0 Å². The highest BCUT2D eigenvalue weighted by Crippen LogP contribution is 2.32. The fourth-order valence-corrected chi connectivity index (χ4v) is 5.02. The number of amides is 2. The summed E-state index contributed by atoms with van der Waals surface area (Å²) in [7, 11) is 0. The fourth-order valence-electron chi connectivity index (χ4n) is 3.71. The minimum absolute atomic E-state index is 0.0537. The van der Waals surface area contributed by atoms with Crippen molar-refractivity contribution in [2.75, 3.05) is 6.54 Å². The van der Waals surface area contributed by atoms with E-state index in [-0.39, 0.29) is 25.3 Å². The van der Waals surface area contributed by atoms with Gasteiger partial charge in [-0.1, -0.05) is 72.0 Å². The molecular formula is C25H23N3O4S2. The lowest BCUT2D eigenvalue weighted by Crippen LogP contribution is -2.43. The predicted octanol–water partition coefficient (Wildman–Crippen LogP) is 3.88. The van der Waals surface area contributed by atoms with Crippen molar-refractivity contribution in [2.24, 2.45) is 0 Å². The first kappa shape index (κ1) is 23.7. The number of carbonyl (C=O) groups is 3. The fraction of sp³-hybridized carbons (Fsp3) is 0.200. The van der Waals surface area contributed by atoms with Crippen LogP contribution in [0.3, 0.4) is 0 Å². The zero-order chi connectivity index (χ0) is 24.2. The minimum atomic E-state index is -1.12. The van der Waals surface area contributed by atoms with E-state index in [1.807, 2.05) is 55.5 Å². The summed E-state index contributed by atoms with van der Waals surface area (Å²) in [5.41, 5.74) is 3.73. The van der Waals surface area contributed by atoms with Crippen LogP contribution in [0.25, 0.3) is 17.0 Å². The Morgan fingerprint density at radius 2 is 1.94 bits per heavy atom. The number of hydrogen-bond donors (Lipinski definition) is 3. The summed E-state index contributed by atoms with van der Waals surface area (Å²) in [6.07, 6.45) is 3.63. The number of para-hydroxylation sites is 1. The van der Waals surface area contributed by atoms with Crippen LogP contribution in [0.2, 0.25) is 0 Å². The molecule has 3 aromatic rings. The Labute approximate surface area is 206 Å². The molecule has 3 N–H and O–H groups in total. The van der Waals surface area contributed by atoms with Crippen molar-refractivity contribution in [3.05, 3.63) is 76.3 Å². The number of nitrogens with one attached hydrogen (secondary N) is 2. The highest BCUT2D eigenvalue weighted by molar-refractivity contribution is 8.26. The summed E-state index contributed by atoms with van der Waals surface area (Å²) < 4.78 is 0.379. The number of aryl methyl sites for hydroxylation is 1. The molecule has 0 spiro atoms. The number of thioether (sulfide) groups is 1. The molecule has 0 saturated carbocycles. The lowest BCUT2D eigenvalue weighted by molar-refractivity contribution is -0.141. The van der Waals surface area contributed by atoms with Crippen LogP contribution >= 0.6 is 24.0 Å². The number of carboxylic acid groups (broad SMARTS) is 1. The van der Waals surface area contributed by atoms with Gasteiger partial charge >= 0.3 is 5.97 Å². The third-order valence-electron chi connectivity index (χ3n) is 5.54. The highest BCUT2D eigenvalue weighted by atomic mass is 32.2. The Morgan fingerprint density at radius 3 is 2.68 bits per heavy atom. The molecule has 2 amide bonds. The molecule has 4 rings (SSSR count). The number of fused-ring (bicyclic) bond motifs is 1. The van der Waals surface area contributed by atoms with Gasteiger partial charge in [0, 0.05) is 36.5 Å². The van der Waals surface area contributed by atoms with E-state index in [0.29, 0.717) is 9.23 Å².